The van der Waals surface area contributed by atoms with Crippen LogP contribution in [0.5, 0.6) is 0 Å². The highest BCUT2D eigenvalue weighted by molar-refractivity contribution is 7.99. The van der Waals surface area contributed by atoms with Crippen LogP contribution in [0.4, 0.5) is 0 Å². The summed E-state index contributed by atoms with van der Waals surface area (Å²) in [7, 11) is 0. The molecule has 0 radical (unpaired) electrons. The molecular weight excluding hydrogens is 266 g/mol. The zero-order valence-corrected chi connectivity index (χ0v) is 13.3. The Hall–Kier alpha value is -1.22. The molecule has 3 heteroatoms. The highest BCUT2D eigenvalue weighted by atomic mass is 32.2. The normalized spacial score (nSPS) is 22.9. The molecule has 2 rings (SSSR count). The number of thioether (sulfide) groups is 1. The third kappa shape index (κ3) is 3.45. The summed E-state index contributed by atoms with van der Waals surface area (Å²) in [6.45, 7) is 10.2. The fourth-order valence-corrected chi connectivity index (χ4v) is 3.90. The standard InChI is InChI=1S/C17H23NOS/c1-5-14-12-20-16(13-9-7-6-8-10-13)18(14)15(19)11-17(2,3)4/h5-10,14,16H,1,11-12H2,2-4H3/t14-,16?/m1/s1. The Morgan fingerprint density at radius 2 is 2.05 bits per heavy atom. The predicted molar refractivity (Wildman–Crippen MR) is 86.5 cm³/mol. The highest BCUT2D eigenvalue weighted by Gasteiger charge is 2.37. The van der Waals surface area contributed by atoms with Gasteiger partial charge in [-0.15, -0.1) is 18.3 Å². The summed E-state index contributed by atoms with van der Waals surface area (Å²) in [6, 6.07) is 10.4. The molecule has 1 heterocycles. The average molecular weight is 289 g/mol. The number of amides is 1. The number of rotatable bonds is 3. The maximum absolute atomic E-state index is 12.7. The van der Waals surface area contributed by atoms with Crippen molar-refractivity contribution in [2.24, 2.45) is 5.41 Å². The van der Waals surface area contributed by atoms with Gasteiger partial charge in [-0.25, -0.2) is 0 Å². The van der Waals surface area contributed by atoms with E-state index in [-0.39, 0.29) is 22.7 Å². The third-order valence-electron chi connectivity index (χ3n) is 3.36. The Bertz CT molecular complexity index is 478. The van der Waals surface area contributed by atoms with E-state index < -0.39 is 0 Å². The molecule has 1 aromatic rings. The van der Waals surface area contributed by atoms with E-state index in [1.54, 1.807) is 0 Å². The molecular formula is C17H23NOS. The Labute approximate surface area is 126 Å². The van der Waals surface area contributed by atoms with Crippen molar-refractivity contribution in [3.63, 3.8) is 0 Å². The lowest BCUT2D eigenvalue weighted by Gasteiger charge is -2.31. The smallest absolute Gasteiger partial charge is 0.224 e. The van der Waals surface area contributed by atoms with Gasteiger partial charge in [0.05, 0.1) is 6.04 Å². The van der Waals surface area contributed by atoms with Gasteiger partial charge in [0.1, 0.15) is 5.37 Å². The number of benzene rings is 1. The predicted octanol–water partition coefficient (Wildman–Crippen LogP) is 4.25. The van der Waals surface area contributed by atoms with Crippen molar-refractivity contribution < 1.29 is 4.79 Å². The SMILES string of the molecule is C=C[C@@H]1CSC(c2ccccc2)N1C(=O)CC(C)(C)C. The van der Waals surface area contributed by atoms with Gasteiger partial charge in [0.15, 0.2) is 0 Å². The van der Waals surface area contributed by atoms with Gasteiger partial charge in [-0.2, -0.15) is 0 Å². The first-order valence-corrected chi connectivity index (χ1v) is 8.07. The molecule has 108 valence electrons. The highest BCUT2D eigenvalue weighted by Crippen LogP contribution is 2.42. The fourth-order valence-electron chi connectivity index (χ4n) is 2.44. The molecule has 1 saturated heterocycles. The molecule has 1 aliphatic rings. The van der Waals surface area contributed by atoms with Crippen LogP contribution < -0.4 is 0 Å². The van der Waals surface area contributed by atoms with Gasteiger partial charge < -0.3 is 4.90 Å². The molecule has 0 N–H and O–H groups in total. The second-order valence-corrected chi connectivity index (χ2v) is 7.55. The first kappa shape index (κ1) is 15.2. The topological polar surface area (TPSA) is 20.3 Å². The van der Waals surface area contributed by atoms with Crippen LogP contribution in [0.1, 0.15) is 38.1 Å². The van der Waals surface area contributed by atoms with Gasteiger partial charge in [0, 0.05) is 12.2 Å². The van der Waals surface area contributed by atoms with E-state index in [0.29, 0.717) is 6.42 Å². The number of hydrogen-bond donors (Lipinski definition) is 0. The van der Waals surface area contributed by atoms with Gasteiger partial charge in [-0.05, 0) is 11.0 Å². The molecule has 2 nitrogen and oxygen atoms in total. The molecule has 1 amide bonds. The third-order valence-corrected chi connectivity index (χ3v) is 4.71. The molecule has 20 heavy (non-hydrogen) atoms. The van der Waals surface area contributed by atoms with Crippen molar-refractivity contribution in [2.45, 2.75) is 38.6 Å². The minimum Gasteiger partial charge on any atom is -0.319 e. The molecule has 1 fully saturated rings. The van der Waals surface area contributed by atoms with Crippen LogP contribution in [0, 0.1) is 5.41 Å². The molecule has 0 saturated carbocycles. The molecule has 0 bridgehead atoms. The summed E-state index contributed by atoms with van der Waals surface area (Å²) >= 11 is 1.82. The van der Waals surface area contributed by atoms with Gasteiger partial charge in [-0.3, -0.25) is 4.79 Å². The maximum Gasteiger partial charge on any atom is 0.224 e. The van der Waals surface area contributed by atoms with Crippen molar-refractivity contribution in [2.75, 3.05) is 5.75 Å². The van der Waals surface area contributed by atoms with E-state index >= 15 is 0 Å². The Morgan fingerprint density at radius 3 is 2.60 bits per heavy atom. The molecule has 1 aromatic carbocycles. The van der Waals surface area contributed by atoms with E-state index in [1.807, 2.05) is 40.9 Å². The summed E-state index contributed by atoms with van der Waals surface area (Å²) in [5, 5.41) is 0.119. The number of hydrogen-bond acceptors (Lipinski definition) is 2. The summed E-state index contributed by atoms with van der Waals surface area (Å²) < 4.78 is 0. The molecule has 2 atom stereocenters. The lowest BCUT2D eigenvalue weighted by atomic mass is 9.91. The van der Waals surface area contributed by atoms with Crippen LogP contribution in [0.15, 0.2) is 43.0 Å². The average Bonchev–Trinajstić information content (AvgIpc) is 2.81. The Kier molecular flexibility index (Phi) is 4.59. The zero-order valence-electron chi connectivity index (χ0n) is 12.5. The van der Waals surface area contributed by atoms with Crippen LogP contribution in [0.3, 0.4) is 0 Å². The molecule has 1 aliphatic heterocycles. The van der Waals surface area contributed by atoms with Gasteiger partial charge in [0.2, 0.25) is 5.91 Å². The zero-order chi connectivity index (χ0) is 14.8. The van der Waals surface area contributed by atoms with E-state index in [2.05, 4.69) is 39.5 Å². The minimum atomic E-state index is 0.0112. The summed E-state index contributed by atoms with van der Waals surface area (Å²) in [4.78, 5) is 14.7. The first-order valence-electron chi connectivity index (χ1n) is 7.02. The number of carbonyl (C=O) groups excluding carboxylic acids is 1. The van der Waals surface area contributed by atoms with E-state index in [4.69, 9.17) is 0 Å². The van der Waals surface area contributed by atoms with Gasteiger partial charge in [0.25, 0.3) is 0 Å². The second kappa shape index (κ2) is 6.04. The lowest BCUT2D eigenvalue weighted by Crippen LogP contribution is -2.38. The lowest BCUT2D eigenvalue weighted by molar-refractivity contribution is -0.134. The Balaban J connectivity index is 2.24. The van der Waals surface area contributed by atoms with Crippen molar-refractivity contribution in [1.29, 1.82) is 0 Å². The van der Waals surface area contributed by atoms with Crippen molar-refractivity contribution in [3.05, 3.63) is 48.6 Å². The van der Waals surface area contributed by atoms with Crippen molar-refractivity contribution in [1.82, 2.24) is 4.90 Å². The largest absolute Gasteiger partial charge is 0.319 e. The number of carbonyl (C=O) groups is 1. The molecule has 0 aliphatic carbocycles. The van der Waals surface area contributed by atoms with Crippen LogP contribution in [0.2, 0.25) is 0 Å². The summed E-state index contributed by atoms with van der Waals surface area (Å²) in [5.74, 6) is 1.15. The molecule has 0 aromatic heterocycles. The molecule has 1 unspecified atom stereocenters. The number of nitrogens with zero attached hydrogens (tertiary/aromatic N) is 1. The first-order chi connectivity index (χ1) is 9.42. The Morgan fingerprint density at radius 1 is 1.40 bits per heavy atom. The van der Waals surface area contributed by atoms with Crippen molar-refractivity contribution in [3.8, 4) is 0 Å². The van der Waals surface area contributed by atoms with E-state index in [9.17, 15) is 4.79 Å². The molecule has 0 spiro atoms. The monoisotopic (exact) mass is 289 g/mol. The van der Waals surface area contributed by atoms with Crippen LogP contribution in [-0.4, -0.2) is 22.6 Å². The minimum absolute atomic E-state index is 0.0112. The van der Waals surface area contributed by atoms with E-state index in [1.165, 1.54) is 5.56 Å². The fraction of sp³-hybridized carbons (Fsp3) is 0.471. The van der Waals surface area contributed by atoms with Crippen LogP contribution in [0.25, 0.3) is 0 Å². The summed E-state index contributed by atoms with van der Waals surface area (Å²) in [5.41, 5.74) is 1.21. The van der Waals surface area contributed by atoms with Crippen molar-refractivity contribution >= 4 is 17.7 Å². The van der Waals surface area contributed by atoms with Gasteiger partial charge in [-0.1, -0.05) is 57.2 Å². The second-order valence-electron chi connectivity index (χ2n) is 6.44. The van der Waals surface area contributed by atoms with Crippen LogP contribution >= 0.6 is 11.8 Å². The van der Waals surface area contributed by atoms with Gasteiger partial charge >= 0.3 is 0 Å². The maximum atomic E-state index is 12.7. The van der Waals surface area contributed by atoms with Crippen LogP contribution in [-0.2, 0) is 4.79 Å². The summed E-state index contributed by atoms with van der Waals surface area (Å²) in [6.07, 6.45) is 2.47. The quantitative estimate of drug-likeness (QED) is 0.775. The van der Waals surface area contributed by atoms with E-state index in [0.717, 1.165) is 5.75 Å².